The summed E-state index contributed by atoms with van der Waals surface area (Å²) in [5.74, 6) is -0.233. The van der Waals surface area contributed by atoms with Crippen LogP contribution in [0.4, 0.5) is 5.69 Å². The third kappa shape index (κ3) is 7.48. The maximum absolute atomic E-state index is 13.5. The van der Waals surface area contributed by atoms with Gasteiger partial charge in [0.05, 0.1) is 19.1 Å². The molecule has 2 amide bonds. The van der Waals surface area contributed by atoms with E-state index in [1.165, 1.54) is 12.0 Å². The summed E-state index contributed by atoms with van der Waals surface area (Å²) in [6.45, 7) is 8.89. The normalized spacial score (nSPS) is 12.6. The molecule has 0 aliphatic rings. The zero-order chi connectivity index (χ0) is 25.7. The summed E-state index contributed by atoms with van der Waals surface area (Å²) in [5.41, 5.74) is 1.70. The number of nitrogens with one attached hydrogen (secondary N) is 1. The van der Waals surface area contributed by atoms with Crippen molar-refractivity contribution in [2.75, 3.05) is 24.2 Å². The van der Waals surface area contributed by atoms with Gasteiger partial charge >= 0.3 is 0 Å². The van der Waals surface area contributed by atoms with Crippen LogP contribution in [-0.2, 0) is 26.2 Å². The second kappa shape index (κ2) is 10.9. The molecular weight excluding hydrogens is 454 g/mol. The number of anilines is 1. The Kier molecular flexibility index (Phi) is 8.72. The van der Waals surface area contributed by atoms with Crippen LogP contribution in [-0.4, -0.2) is 56.6 Å². The van der Waals surface area contributed by atoms with Crippen molar-refractivity contribution in [1.29, 1.82) is 0 Å². The summed E-state index contributed by atoms with van der Waals surface area (Å²) in [6.07, 6.45) is 1.05. The van der Waals surface area contributed by atoms with Crippen molar-refractivity contribution in [3.63, 3.8) is 0 Å². The molecule has 1 N–H and O–H groups in total. The van der Waals surface area contributed by atoms with Crippen molar-refractivity contribution >= 4 is 27.5 Å². The van der Waals surface area contributed by atoms with E-state index in [0.29, 0.717) is 11.4 Å². The van der Waals surface area contributed by atoms with Gasteiger partial charge in [0.2, 0.25) is 21.8 Å². The first kappa shape index (κ1) is 27.2. The molecule has 0 spiro atoms. The van der Waals surface area contributed by atoms with Crippen molar-refractivity contribution in [2.45, 2.75) is 52.7 Å². The Morgan fingerprint density at radius 3 is 2.15 bits per heavy atom. The highest BCUT2D eigenvalue weighted by molar-refractivity contribution is 7.92. The van der Waals surface area contributed by atoms with Gasteiger partial charge in [0.1, 0.15) is 18.3 Å². The number of aryl methyl sites for hydroxylation is 1. The zero-order valence-corrected chi connectivity index (χ0v) is 21.8. The van der Waals surface area contributed by atoms with E-state index in [1.54, 1.807) is 31.2 Å². The molecule has 0 aliphatic heterocycles. The van der Waals surface area contributed by atoms with Crippen LogP contribution < -0.4 is 14.4 Å². The fourth-order valence-corrected chi connectivity index (χ4v) is 4.24. The number of amides is 2. The lowest BCUT2D eigenvalue weighted by atomic mass is 10.1. The van der Waals surface area contributed by atoms with Gasteiger partial charge in [0, 0.05) is 12.1 Å². The highest BCUT2D eigenvalue weighted by atomic mass is 32.2. The first-order chi connectivity index (χ1) is 15.7. The van der Waals surface area contributed by atoms with Gasteiger partial charge in [-0.25, -0.2) is 8.42 Å². The summed E-state index contributed by atoms with van der Waals surface area (Å²) in [7, 11) is -2.26. The molecular formula is C25H35N3O5S. The molecule has 0 unspecified atom stereocenters. The topological polar surface area (TPSA) is 96.0 Å². The van der Waals surface area contributed by atoms with Gasteiger partial charge in [-0.05, 0) is 70.0 Å². The maximum Gasteiger partial charge on any atom is 0.244 e. The zero-order valence-electron chi connectivity index (χ0n) is 21.0. The first-order valence-electron chi connectivity index (χ1n) is 11.0. The highest BCUT2D eigenvalue weighted by Gasteiger charge is 2.31. The fourth-order valence-electron chi connectivity index (χ4n) is 3.39. The van der Waals surface area contributed by atoms with E-state index in [0.717, 1.165) is 21.7 Å². The van der Waals surface area contributed by atoms with Crippen LogP contribution in [0.25, 0.3) is 0 Å². The Balaban J connectivity index is 2.41. The summed E-state index contributed by atoms with van der Waals surface area (Å²) >= 11 is 0. The molecule has 9 heteroatoms. The number of sulfonamides is 1. The molecule has 0 saturated heterocycles. The van der Waals surface area contributed by atoms with Crippen LogP contribution in [0.1, 0.15) is 38.8 Å². The second-order valence-corrected chi connectivity index (χ2v) is 11.2. The number of benzene rings is 2. The minimum absolute atomic E-state index is 0.171. The van der Waals surface area contributed by atoms with Gasteiger partial charge in [0.15, 0.2) is 0 Å². The molecule has 186 valence electrons. The van der Waals surface area contributed by atoms with Gasteiger partial charge in [-0.3, -0.25) is 13.9 Å². The molecule has 2 rings (SSSR count). The summed E-state index contributed by atoms with van der Waals surface area (Å²) in [4.78, 5) is 27.9. The van der Waals surface area contributed by atoms with E-state index in [4.69, 9.17) is 4.74 Å². The van der Waals surface area contributed by atoms with E-state index >= 15 is 0 Å². The summed E-state index contributed by atoms with van der Waals surface area (Å²) < 4.78 is 31.4. The Morgan fingerprint density at radius 2 is 1.65 bits per heavy atom. The number of carbonyl (C=O) groups excluding carboxylic acids is 2. The molecule has 0 heterocycles. The Bertz CT molecular complexity index is 1110. The van der Waals surface area contributed by atoms with E-state index in [-0.39, 0.29) is 12.5 Å². The van der Waals surface area contributed by atoms with Crippen molar-refractivity contribution < 1.29 is 22.7 Å². The monoisotopic (exact) mass is 489 g/mol. The average molecular weight is 490 g/mol. The van der Waals surface area contributed by atoms with E-state index < -0.39 is 34.1 Å². The van der Waals surface area contributed by atoms with Crippen molar-refractivity contribution in [3.8, 4) is 5.75 Å². The lowest BCUT2D eigenvalue weighted by Crippen LogP contribution is -2.54. The second-order valence-electron chi connectivity index (χ2n) is 9.33. The fraction of sp³-hybridized carbons (Fsp3) is 0.440. The highest BCUT2D eigenvalue weighted by Crippen LogP contribution is 2.22. The van der Waals surface area contributed by atoms with Crippen molar-refractivity contribution in [2.24, 2.45) is 0 Å². The molecule has 2 aromatic rings. The standard InChI is InChI=1S/C25H35N3O5S/c1-18-10-8-9-11-20(18)16-27(19(2)24(30)26-25(3,4)5)23(29)17-28(34(7,31)32)21-12-14-22(33-6)15-13-21/h8-15,19H,16-17H2,1-7H3,(H,26,30)/t19-/m0/s1. The van der Waals surface area contributed by atoms with Crippen LogP contribution in [0.5, 0.6) is 5.75 Å². The lowest BCUT2D eigenvalue weighted by molar-refractivity contribution is -0.140. The number of hydrogen-bond donors (Lipinski definition) is 1. The van der Waals surface area contributed by atoms with Crippen LogP contribution >= 0.6 is 0 Å². The van der Waals surface area contributed by atoms with Crippen LogP contribution in [0.2, 0.25) is 0 Å². The molecule has 0 radical (unpaired) electrons. The minimum Gasteiger partial charge on any atom is -0.497 e. The third-order valence-electron chi connectivity index (χ3n) is 5.31. The van der Waals surface area contributed by atoms with E-state index in [9.17, 15) is 18.0 Å². The van der Waals surface area contributed by atoms with Crippen molar-refractivity contribution in [1.82, 2.24) is 10.2 Å². The Labute approximate surface area is 202 Å². The molecule has 0 aliphatic carbocycles. The average Bonchev–Trinajstić information content (AvgIpc) is 2.74. The maximum atomic E-state index is 13.5. The summed E-state index contributed by atoms with van der Waals surface area (Å²) in [5, 5.41) is 2.90. The molecule has 0 fully saturated rings. The molecule has 2 aromatic carbocycles. The SMILES string of the molecule is COc1ccc(N(CC(=O)N(Cc2ccccc2C)[C@@H](C)C(=O)NC(C)(C)C)S(C)(=O)=O)cc1. The van der Waals surface area contributed by atoms with Crippen molar-refractivity contribution in [3.05, 3.63) is 59.7 Å². The first-order valence-corrected chi connectivity index (χ1v) is 12.9. The van der Waals surface area contributed by atoms with Gasteiger partial charge in [0.25, 0.3) is 0 Å². The smallest absolute Gasteiger partial charge is 0.244 e. The number of nitrogens with zero attached hydrogens (tertiary/aromatic N) is 2. The van der Waals surface area contributed by atoms with Crippen LogP contribution in [0.15, 0.2) is 48.5 Å². The van der Waals surface area contributed by atoms with Gasteiger partial charge in [-0.2, -0.15) is 0 Å². The van der Waals surface area contributed by atoms with Crippen LogP contribution in [0, 0.1) is 6.92 Å². The van der Waals surface area contributed by atoms with E-state index in [2.05, 4.69) is 5.32 Å². The van der Waals surface area contributed by atoms with Gasteiger partial charge in [-0.1, -0.05) is 24.3 Å². The molecule has 1 atom stereocenters. The molecule has 0 aromatic heterocycles. The Hall–Kier alpha value is -3.07. The van der Waals surface area contributed by atoms with Crippen LogP contribution in [0.3, 0.4) is 0 Å². The molecule has 0 bridgehead atoms. The number of carbonyl (C=O) groups is 2. The molecule has 8 nitrogen and oxygen atoms in total. The largest absolute Gasteiger partial charge is 0.497 e. The summed E-state index contributed by atoms with van der Waals surface area (Å²) in [6, 6.07) is 13.2. The molecule has 0 saturated carbocycles. The Morgan fingerprint density at radius 1 is 1.06 bits per heavy atom. The quantitative estimate of drug-likeness (QED) is 0.584. The predicted molar refractivity (Wildman–Crippen MR) is 134 cm³/mol. The van der Waals surface area contributed by atoms with E-state index in [1.807, 2.05) is 52.0 Å². The number of ether oxygens (including phenoxy) is 1. The van der Waals surface area contributed by atoms with Gasteiger partial charge in [-0.15, -0.1) is 0 Å². The number of hydrogen-bond acceptors (Lipinski definition) is 5. The number of methoxy groups -OCH3 is 1. The predicted octanol–water partition coefficient (Wildman–Crippen LogP) is 3.10. The van der Waals surface area contributed by atoms with Gasteiger partial charge < -0.3 is 15.0 Å². The molecule has 34 heavy (non-hydrogen) atoms. The minimum atomic E-state index is -3.78. The third-order valence-corrected chi connectivity index (χ3v) is 6.45. The lowest BCUT2D eigenvalue weighted by Gasteiger charge is -2.33. The number of rotatable bonds is 9.